The van der Waals surface area contributed by atoms with Gasteiger partial charge in [-0.25, -0.2) is 18.3 Å². The molecule has 0 N–H and O–H groups in total. The Kier molecular flexibility index (Phi) is 5.86. The van der Waals surface area contributed by atoms with E-state index in [2.05, 4.69) is 15.0 Å². The lowest BCUT2D eigenvalue weighted by atomic mass is 10.2. The Balaban J connectivity index is 2.03. The topological polar surface area (TPSA) is 75.5 Å². The van der Waals surface area contributed by atoms with Crippen molar-refractivity contribution in [2.24, 2.45) is 0 Å². The molecule has 3 aromatic rings. The molecule has 0 bridgehead atoms. The second-order valence-electron chi connectivity index (χ2n) is 5.60. The Morgan fingerprint density at radius 1 is 1.25 bits per heavy atom. The number of rotatable bonds is 6. The second-order valence-corrected chi connectivity index (χ2v) is 6.01. The fourth-order valence-corrected chi connectivity index (χ4v) is 2.51. The minimum atomic E-state index is -1.00. The van der Waals surface area contributed by atoms with E-state index in [9.17, 15) is 13.6 Å². The molecule has 0 aliphatic carbocycles. The molecule has 2 aromatic heterocycles. The largest absolute Gasteiger partial charge is 0.443 e. The van der Waals surface area contributed by atoms with Crippen LogP contribution in [-0.2, 0) is 14.6 Å². The van der Waals surface area contributed by atoms with Crippen LogP contribution in [0.15, 0.2) is 42.7 Å². The van der Waals surface area contributed by atoms with Gasteiger partial charge in [-0.2, -0.15) is 0 Å². The molecule has 0 aliphatic rings. The van der Waals surface area contributed by atoms with Crippen LogP contribution in [0.2, 0.25) is 5.02 Å². The average Bonchev–Trinajstić information content (AvgIpc) is 3.06. The van der Waals surface area contributed by atoms with Gasteiger partial charge in [0.05, 0.1) is 16.9 Å². The van der Waals surface area contributed by atoms with Crippen molar-refractivity contribution in [2.45, 2.75) is 20.1 Å². The van der Waals surface area contributed by atoms with Gasteiger partial charge < -0.3 is 4.74 Å². The van der Waals surface area contributed by atoms with Gasteiger partial charge in [-0.05, 0) is 18.2 Å². The molecule has 1 aromatic carbocycles. The fourth-order valence-electron chi connectivity index (χ4n) is 2.34. The summed E-state index contributed by atoms with van der Waals surface area (Å²) in [5.74, 6) is -1.94. The third-order valence-corrected chi connectivity index (χ3v) is 3.73. The Morgan fingerprint density at radius 2 is 2.04 bits per heavy atom. The molecular formula is C18H14ClF2N3O4. The molecule has 1 atom stereocenters. The van der Waals surface area contributed by atoms with Gasteiger partial charge >= 0.3 is 5.97 Å². The summed E-state index contributed by atoms with van der Waals surface area (Å²) in [6, 6.07) is 7.03. The van der Waals surface area contributed by atoms with Crippen LogP contribution in [0.1, 0.15) is 13.8 Å². The van der Waals surface area contributed by atoms with Gasteiger partial charge in [-0.3, -0.25) is 9.87 Å². The number of pyridine rings is 1. The first-order valence-corrected chi connectivity index (χ1v) is 8.39. The first-order chi connectivity index (χ1) is 13.3. The molecule has 0 fully saturated rings. The van der Waals surface area contributed by atoms with Gasteiger partial charge in [-0.15, -0.1) is 9.99 Å². The highest BCUT2D eigenvalue weighted by Gasteiger charge is 2.19. The fraction of sp³-hybridized carbons (Fsp3) is 0.167. The molecule has 2 heterocycles. The van der Waals surface area contributed by atoms with E-state index >= 15 is 0 Å². The number of halogens is 3. The van der Waals surface area contributed by atoms with Crippen LogP contribution in [0.3, 0.4) is 0 Å². The number of benzene rings is 1. The smallest absolute Gasteiger partial charge is 0.339 e. The van der Waals surface area contributed by atoms with Crippen LogP contribution in [0.5, 0.6) is 5.88 Å². The zero-order chi connectivity index (χ0) is 20.3. The molecule has 1 unspecified atom stereocenters. The number of carbonyl (C=O) groups is 1. The van der Waals surface area contributed by atoms with Crippen molar-refractivity contribution < 1.29 is 28.1 Å². The lowest BCUT2D eigenvalue weighted by Gasteiger charge is -2.11. The molecule has 0 radical (unpaired) electrons. The maximum atomic E-state index is 14.5. The highest BCUT2D eigenvalue weighted by Crippen LogP contribution is 2.30. The Morgan fingerprint density at radius 3 is 2.75 bits per heavy atom. The molecule has 146 valence electrons. The molecule has 0 spiro atoms. The highest BCUT2D eigenvalue weighted by molar-refractivity contribution is 6.30. The van der Waals surface area contributed by atoms with Crippen LogP contribution in [0, 0.1) is 11.6 Å². The maximum Gasteiger partial charge on any atom is 0.339 e. The summed E-state index contributed by atoms with van der Waals surface area (Å²) < 4.78 is 34.8. The van der Waals surface area contributed by atoms with E-state index < -0.39 is 23.9 Å². The molecule has 0 saturated heterocycles. The van der Waals surface area contributed by atoms with Crippen LogP contribution >= 0.6 is 11.6 Å². The van der Waals surface area contributed by atoms with Crippen molar-refractivity contribution in [1.29, 1.82) is 0 Å². The summed E-state index contributed by atoms with van der Waals surface area (Å²) >= 11 is 5.86. The maximum absolute atomic E-state index is 14.5. The van der Waals surface area contributed by atoms with Gasteiger partial charge in [-0.1, -0.05) is 17.7 Å². The monoisotopic (exact) mass is 409 g/mol. The van der Waals surface area contributed by atoms with Crippen molar-refractivity contribution in [3.8, 4) is 22.8 Å². The lowest BCUT2D eigenvalue weighted by molar-refractivity contribution is -0.329. The summed E-state index contributed by atoms with van der Waals surface area (Å²) in [6.45, 7) is 2.63. The van der Waals surface area contributed by atoms with E-state index in [0.29, 0.717) is 11.3 Å². The number of hydrogen-bond donors (Lipinski definition) is 0. The van der Waals surface area contributed by atoms with E-state index in [4.69, 9.17) is 21.2 Å². The zero-order valence-corrected chi connectivity index (χ0v) is 15.5. The summed E-state index contributed by atoms with van der Waals surface area (Å²) in [5.41, 5.74) is 0.647. The van der Waals surface area contributed by atoms with E-state index in [1.54, 1.807) is 6.07 Å². The van der Waals surface area contributed by atoms with Gasteiger partial charge in [0.25, 0.3) is 0 Å². The number of aromatic nitrogens is 3. The molecule has 10 heteroatoms. The lowest BCUT2D eigenvalue weighted by Crippen LogP contribution is -2.18. The average molecular weight is 410 g/mol. The summed E-state index contributed by atoms with van der Waals surface area (Å²) in [7, 11) is 0. The van der Waals surface area contributed by atoms with Crippen LogP contribution < -0.4 is 4.74 Å². The minimum absolute atomic E-state index is 0.0123. The van der Waals surface area contributed by atoms with Crippen molar-refractivity contribution in [3.05, 3.63) is 59.4 Å². The highest BCUT2D eigenvalue weighted by atomic mass is 35.5. The van der Waals surface area contributed by atoms with Crippen LogP contribution in [0.4, 0.5) is 8.78 Å². The third-order valence-electron chi connectivity index (χ3n) is 3.43. The number of nitrogens with zero attached hydrogens (tertiary/aromatic N) is 3. The SMILES string of the molecule is CC(=O)OOC(C)Oc1cc(-c2cncc(F)c2)n(-c2cccc(Cl)c2F)n1. The first-order valence-electron chi connectivity index (χ1n) is 8.01. The number of hydrogen-bond acceptors (Lipinski definition) is 6. The molecular weight excluding hydrogens is 396 g/mol. The summed E-state index contributed by atoms with van der Waals surface area (Å²) in [6.07, 6.45) is 1.42. The zero-order valence-electron chi connectivity index (χ0n) is 14.7. The van der Waals surface area contributed by atoms with Crippen molar-refractivity contribution in [1.82, 2.24) is 14.8 Å². The van der Waals surface area contributed by atoms with Crippen molar-refractivity contribution >= 4 is 17.6 Å². The molecule has 0 saturated carbocycles. The van der Waals surface area contributed by atoms with Crippen LogP contribution in [0.25, 0.3) is 16.9 Å². The minimum Gasteiger partial charge on any atom is -0.443 e. The predicted octanol–water partition coefficient (Wildman–Crippen LogP) is 4.09. The molecule has 7 nitrogen and oxygen atoms in total. The van der Waals surface area contributed by atoms with Crippen LogP contribution in [-0.4, -0.2) is 27.0 Å². The Bertz CT molecular complexity index is 1010. The van der Waals surface area contributed by atoms with Gasteiger partial charge in [0, 0.05) is 31.7 Å². The molecule has 0 aliphatic heterocycles. The third kappa shape index (κ3) is 4.44. The Labute approximate surface area is 163 Å². The van der Waals surface area contributed by atoms with Crippen molar-refractivity contribution in [2.75, 3.05) is 0 Å². The van der Waals surface area contributed by atoms with E-state index in [-0.39, 0.29) is 16.6 Å². The molecule has 28 heavy (non-hydrogen) atoms. The summed E-state index contributed by atoms with van der Waals surface area (Å²) in [4.78, 5) is 23.7. The quantitative estimate of drug-likeness (QED) is 0.347. The normalized spacial score (nSPS) is 11.9. The number of ether oxygens (including phenoxy) is 1. The van der Waals surface area contributed by atoms with E-state index in [1.807, 2.05) is 0 Å². The van der Waals surface area contributed by atoms with Crippen molar-refractivity contribution in [3.63, 3.8) is 0 Å². The predicted molar refractivity (Wildman–Crippen MR) is 94.7 cm³/mol. The van der Waals surface area contributed by atoms with E-state index in [0.717, 1.165) is 6.20 Å². The molecule has 3 rings (SSSR count). The van der Waals surface area contributed by atoms with Gasteiger partial charge in [0.1, 0.15) is 11.5 Å². The second kappa shape index (κ2) is 8.32. The standard InChI is InChI=1S/C18H14ClF2N3O4/c1-10(25)27-28-11(2)26-17-7-16(12-6-13(20)9-22-8-12)24(23-17)15-5-3-4-14(19)18(15)21/h3-9,11H,1-2H3. The molecule has 0 amide bonds. The summed E-state index contributed by atoms with van der Waals surface area (Å²) in [5, 5.41) is 4.07. The van der Waals surface area contributed by atoms with E-state index in [1.165, 1.54) is 49.0 Å². The van der Waals surface area contributed by atoms with Gasteiger partial charge in [0.2, 0.25) is 12.2 Å². The number of carbonyl (C=O) groups excluding carboxylic acids is 1. The Hall–Kier alpha value is -3.04. The van der Waals surface area contributed by atoms with Gasteiger partial charge in [0.15, 0.2) is 5.82 Å². The first kappa shape index (κ1) is 19.7.